The first kappa shape index (κ1) is 18.6. The quantitative estimate of drug-likeness (QED) is 0.442. The average Bonchev–Trinajstić information content (AvgIpc) is 2.61. The highest BCUT2D eigenvalue weighted by Crippen LogP contribution is 2.21. The second kappa shape index (κ2) is 8.48. The van der Waals surface area contributed by atoms with Crippen LogP contribution in [0, 0.1) is 12.8 Å². The SMILES string of the molecule is Cc1cccc(N2C(=O)[C@@H](C=NCCN3CCNCC3)C(=O)NC2=S)c1. The molecule has 8 heteroatoms. The summed E-state index contributed by atoms with van der Waals surface area (Å²) >= 11 is 5.20. The van der Waals surface area contributed by atoms with E-state index >= 15 is 0 Å². The number of amides is 2. The van der Waals surface area contributed by atoms with E-state index in [9.17, 15) is 9.59 Å². The zero-order valence-electron chi connectivity index (χ0n) is 14.8. The van der Waals surface area contributed by atoms with Crippen LogP contribution in [-0.2, 0) is 9.59 Å². The van der Waals surface area contributed by atoms with Crippen LogP contribution in [0.25, 0.3) is 0 Å². The summed E-state index contributed by atoms with van der Waals surface area (Å²) in [4.78, 5) is 33.0. The van der Waals surface area contributed by atoms with E-state index in [-0.39, 0.29) is 11.0 Å². The molecular weight excluding hydrogens is 350 g/mol. The van der Waals surface area contributed by atoms with Gasteiger partial charge in [0.25, 0.3) is 5.91 Å². The Morgan fingerprint density at radius 1 is 1.31 bits per heavy atom. The van der Waals surface area contributed by atoms with E-state index in [1.54, 1.807) is 6.07 Å². The van der Waals surface area contributed by atoms with E-state index in [4.69, 9.17) is 12.2 Å². The molecule has 1 aromatic rings. The van der Waals surface area contributed by atoms with E-state index in [2.05, 4.69) is 20.5 Å². The standard InChI is InChI=1S/C18H23N5O2S/c1-13-3-2-4-14(11-13)23-17(25)15(16(24)21-18(23)26)12-20-7-10-22-8-5-19-6-9-22/h2-4,11-12,15,19H,5-10H2,1H3,(H,21,24,26)/t15-/m0/s1. The van der Waals surface area contributed by atoms with Gasteiger partial charge in [-0.25, -0.2) is 0 Å². The van der Waals surface area contributed by atoms with Crippen molar-refractivity contribution in [2.75, 3.05) is 44.2 Å². The topological polar surface area (TPSA) is 77.0 Å². The van der Waals surface area contributed by atoms with Crippen molar-refractivity contribution in [3.63, 3.8) is 0 Å². The first-order valence-corrected chi connectivity index (χ1v) is 9.15. The maximum atomic E-state index is 12.8. The molecule has 3 rings (SSSR count). The van der Waals surface area contributed by atoms with Crippen LogP contribution >= 0.6 is 12.2 Å². The van der Waals surface area contributed by atoms with E-state index in [0.717, 1.165) is 38.3 Å². The molecule has 0 bridgehead atoms. The smallest absolute Gasteiger partial charge is 0.251 e. The van der Waals surface area contributed by atoms with Gasteiger partial charge in [-0.15, -0.1) is 0 Å². The number of hydrogen-bond acceptors (Lipinski definition) is 6. The maximum absolute atomic E-state index is 12.8. The molecule has 26 heavy (non-hydrogen) atoms. The van der Waals surface area contributed by atoms with Gasteiger partial charge >= 0.3 is 0 Å². The minimum Gasteiger partial charge on any atom is -0.314 e. The normalized spacial score (nSPS) is 22.1. The predicted molar refractivity (Wildman–Crippen MR) is 106 cm³/mol. The van der Waals surface area contributed by atoms with Crippen molar-refractivity contribution < 1.29 is 9.59 Å². The van der Waals surface area contributed by atoms with Crippen LogP contribution in [0.2, 0.25) is 0 Å². The second-order valence-corrected chi connectivity index (χ2v) is 6.82. The molecule has 2 aliphatic heterocycles. The van der Waals surface area contributed by atoms with Crippen molar-refractivity contribution >= 4 is 41.0 Å². The van der Waals surface area contributed by atoms with Crippen LogP contribution in [0.4, 0.5) is 5.69 Å². The Balaban J connectivity index is 1.66. The Labute approximate surface area is 158 Å². The van der Waals surface area contributed by atoms with Gasteiger partial charge in [0.2, 0.25) is 5.91 Å². The molecule has 2 amide bonds. The number of nitrogens with one attached hydrogen (secondary N) is 2. The lowest BCUT2D eigenvalue weighted by atomic mass is 10.1. The van der Waals surface area contributed by atoms with Crippen LogP contribution in [0.5, 0.6) is 0 Å². The zero-order valence-corrected chi connectivity index (χ0v) is 15.6. The fraction of sp³-hybridized carbons (Fsp3) is 0.444. The van der Waals surface area contributed by atoms with Crippen molar-refractivity contribution in [2.24, 2.45) is 10.9 Å². The predicted octanol–water partition coefficient (Wildman–Crippen LogP) is 0.335. The molecular formula is C18H23N5O2S. The minimum absolute atomic E-state index is 0.107. The third-order valence-electron chi connectivity index (χ3n) is 4.47. The van der Waals surface area contributed by atoms with Gasteiger partial charge in [0, 0.05) is 38.9 Å². The summed E-state index contributed by atoms with van der Waals surface area (Å²) in [7, 11) is 0. The molecule has 2 aliphatic rings. The highest BCUT2D eigenvalue weighted by Gasteiger charge is 2.38. The average molecular weight is 373 g/mol. The van der Waals surface area contributed by atoms with Crippen molar-refractivity contribution in [3.05, 3.63) is 29.8 Å². The van der Waals surface area contributed by atoms with Gasteiger partial charge in [0.1, 0.15) is 0 Å². The van der Waals surface area contributed by atoms with Gasteiger partial charge in [0.05, 0.1) is 12.2 Å². The highest BCUT2D eigenvalue weighted by molar-refractivity contribution is 7.80. The number of benzene rings is 1. The summed E-state index contributed by atoms with van der Waals surface area (Å²) in [5.74, 6) is -1.74. The number of piperazine rings is 1. The number of rotatable bonds is 5. The number of carbonyl (C=O) groups excluding carboxylic acids is 2. The molecule has 2 N–H and O–H groups in total. The molecule has 0 aliphatic carbocycles. The zero-order chi connectivity index (χ0) is 18.5. The van der Waals surface area contributed by atoms with Gasteiger partial charge in [-0.3, -0.25) is 24.4 Å². The summed E-state index contributed by atoms with van der Waals surface area (Å²) in [5, 5.41) is 6.01. The molecule has 2 saturated heterocycles. The van der Waals surface area contributed by atoms with Crippen LogP contribution in [0.15, 0.2) is 29.3 Å². The third kappa shape index (κ3) is 4.32. The van der Waals surface area contributed by atoms with Gasteiger partial charge in [-0.2, -0.15) is 0 Å². The first-order chi connectivity index (χ1) is 12.6. The molecule has 7 nitrogen and oxygen atoms in total. The van der Waals surface area contributed by atoms with Gasteiger partial charge in [0.15, 0.2) is 11.0 Å². The molecule has 1 atom stereocenters. The lowest BCUT2D eigenvalue weighted by molar-refractivity contribution is -0.130. The number of anilines is 1. The summed E-state index contributed by atoms with van der Waals surface area (Å²) in [6.07, 6.45) is 1.45. The number of aliphatic imine (C=N–C) groups is 1. The second-order valence-electron chi connectivity index (χ2n) is 6.43. The molecule has 138 valence electrons. The molecule has 2 fully saturated rings. The van der Waals surface area contributed by atoms with Gasteiger partial charge in [-0.1, -0.05) is 12.1 Å². The largest absolute Gasteiger partial charge is 0.314 e. The number of aryl methyl sites for hydroxylation is 1. The molecule has 2 heterocycles. The fourth-order valence-electron chi connectivity index (χ4n) is 3.05. The molecule has 0 saturated carbocycles. The Morgan fingerprint density at radius 2 is 2.08 bits per heavy atom. The summed E-state index contributed by atoms with van der Waals surface area (Å²) in [6, 6.07) is 7.45. The highest BCUT2D eigenvalue weighted by atomic mass is 32.1. The molecule has 0 radical (unpaired) electrons. The van der Waals surface area contributed by atoms with E-state index in [1.807, 2.05) is 25.1 Å². The molecule has 0 unspecified atom stereocenters. The van der Waals surface area contributed by atoms with E-state index < -0.39 is 11.8 Å². The Morgan fingerprint density at radius 3 is 2.81 bits per heavy atom. The van der Waals surface area contributed by atoms with E-state index in [0.29, 0.717) is 12.2 Å². The Hall–Kier alpha value is -2.16. The molecule has 0 spiro atoms. The summed E-state index contributed by atoms with van der Waals surface area (Å²) in [6.45, 7) is 7.27. The lowest BCUT2D eigenvalue weighted by Crippen LogP contribution is -2.58. The number of hydrogen-bond donors (Lipinski definition) is 2. The fourth-order valence-corrected chi connectivity index (χ4v) is 3.34. The monoisotopic (exact) mass is 373 g/mol. The van der Waals surface area contributed by atoms with E-state index in [1.165, 1.54) is 11.1 Å². The van der Waals surface area contributed by atoms with Crippen molar-refractivity contribution in [1.29, 1.82) is 0 Å². The lowest BCUT2D eigenvalue weighted by Gasteiger charge is -2.31. The van der Waals surface area contributed by atoms with Crippen molar-refractivity contribution in [1.82, 2.24) is 15.5 Å². The number of nitrogens with zero attached hydrogens (tertiary/aromatic N) is 3. The molecule has 0 aromatic heterocycles. The Bertz CT molecular complexity index is 730. The van der Waals surface area contributed by atoms with Gasteiger partial charge in [-0.05, 0) is 36.8 Å². The van der Waals surface area contributed by atoms with Crippen LogP contribution in [0.1, 0.15) is 5.56 Å². The Kier molecular flexibility index (Phi) is 6.08. The van der Waals surface area contributed by atoms with Crippen LogP contribution in [-0.4, -0.2) is 67.3 Å². The van der Waals surface area contributed by atoms with Crippen LogP contribution in [0.3, 0.4) is 0 Å². The summed E-state index contributed by atoms with van der Waals surface area (Å²) in [5.41, 5.74) is 1.66. The summed E-state index contributed by atoms with van der Waals surface area (Å²) < 4.78 is 0. The maximum Gasteiger partial charge on any atom is 0.251 e. The number of carbonyl (C=O) groups is 2. The minimum atomic E-state index is -0.953. The van der Waals surface area contributed by atoms with Crippen molar-refractivity contribution in [2.45, 2.75) is 6.92 Å². The van der Waals surface area contributed by atoms with Crippen LogP contribution < -0.4 is 15.5 Å². The van der Waals surface area contributed by atoms with Crippen molar-refractivity contribution in [3.8, 4) is 0 Å². The molecule has 1 aromatic carbocycles. The van der Waals surface area contributed by atoms with Gasteiger partial charge < -0.3 is 10.6 Å². The third-order valence-corrected chi connectivity index (χ3v) is 4.76. The number of thiocarbonyl (C=S) groups is 1. The first-order valence-electron chi connectivity index (χ1n) is 8.75.